The first-order valence-corrected chi connectivity index (χ1v) is 7.62. The van der Waals surface area contributed by atoms with Crippen molar-refractivity contribution < 1.29 is 0 Å². The Morgan fingerprint density at radius 1 is 0.909 bits per heavy atom. The van der Waals surface area contributed by atoms with E-state index in [-0.39, 0.29) is 5.56 Å². The van der Waals surface area contributed by atoms with Crippen molar-refractivity contribution in [2.45, 2.75) is 0 Å². The lowest BCUT2D eigenvalue weighted by molar-refractivity contribution is 1.02. The maximum absolute atomic E-state index is 11.9. The monoisotopic (exact) mass is 305 g/mol. The Kier molecular flexibility index (Phi) is 3.05. The van der Waals surface area contributed by atoms with Gasteiger partial charge in [0, 0.05) is 28.2 Å². The Labute approximate surface area is 130 Å². The van der Waals surface area contributed by atoms with Crippen LogP contribution in [-0.4, -0.2) is 15.2 Å². The fourth-order valence-electron chi connectivity index (χ4n) is 2.43. The van der Waals surface area contributed by atoms with Crippen LogP contribution in [0.1, 0.15) is 0 Å². The number of thiophene rings is 1. The van der Waals surface area contributed by atoms with Crippen molar-refractivity contribution in [2.24, 2.45) is 0 Å². The van der Waals surface area contributed by atoms with E-state index in [0.29, 0.717) is 5.39 Å². The summed E-state index contributed by atoms with van der Waals surface area (Å²) in [5.41, 5.74) is 1.71. The zero-order valence-electron chi connectivity index (χ0n) is 11.5. The number of pyridine rings is 1. The van der Waals surface area contributed by atoms with E-state index in [9.17, 15) is 4.79 Å². The first-order valence-electron chi connectivity index (χ1n) is 6.81. The molecule has 3 heterocycles. The second-order valence-electron chi connectivity index (χ2n) is 4.85. The zero-order chi connectivity index (χ0) is 14.9. The van der Waals surface area contributed by atoms with Gasteiger partial charge in [0.25, 0.3) is 5.56 Å². The molecular formula is C17H11N3OS. The highest BCUT2D eigenvalue weighted by Crippen LogP contribution is 2.35. The summed E-state index contributed by atoms with van der Waals surface area (Å²) >= 11 is 1.64. The molecule has 1 N–H and O–H groups in total. The lowest BCUT2D eigenvalue weighted by atomic mass is 10.1. The summed E-state index contributed by atoms with van der Waals surface area (Å²) in [6, 6.07) is 15.5. The van der Waals surface area contributed by atoms with Crippen LogP contribution >= 0.6 is 11.3 Å². The predicted molar refractivity (Wildman–Crippen MR) is 88.9 cm³/mol. The fourth-order valence-corrected chi connectivity index (χ4v) is 3.43. The molecule has 0 atom stereocenters. The molecule has 0 aliphatic rings. The van der Waals surface area contributed by atoms with Crippen molar-refractivity contribution in [3.63, 3.8) is 0 Å². The maximum atomic E-state index is 11.9. The third-order valence-electron chi connectivity index (χ3n) is 3.48. The normalized spacial score (nSPS) is 10.9. The number of hydrogen-bond donors (Lipinski definition) is 1. The molecule has 0 fully saturated rings. The van der Waals surface area contributed by atoms with Gasteiger partial charge >= 0.3 is 0 Å². The van der Waals surface area contributed by atoms with Gasteiger partial charge in [-0.1, -0.05) is 24.3 Å². The van der Waals surface area contributed by atoms with Gasteiger partial charge in [-0.05, 0) is 24.3 Å². The van der Waals surface area contributed by atoms with E-state index in [0.717, 1.165) is 26.4 Å². The van der Waals surface area contributed by atoms with Gasteiger partial charge in [-0.25, -0.2) is 5.10 Å². The van der Waals surface area contributed by atoms with Crippen molar-refractivity contribution in [3.8, 4) is 21.0 Å². The Morgan fingerprint density at radius 2 is 1.73 bits per heavy atom. The average molecular weight is 305 g/mol. The molecule has 0 amide bonds. The average Bonchev–Trinajstić information content (AvgIpc) is 3.06. The molecule has 0 aliphatic carbocycles. The van der Waals surface area contributed by atoms with Gasteiger partial charge in [0.1, 0.15) is 5.69 Å². The number of H-pyrrole nitrogens is 1. The van der Waals surface area contributed by atoms with Crippen molar-refractivity contribution >= 4 is 22.1 Å². The molecule has 1 aromatic carbocycles. The molecule has 3 aromatic heterocycles. The van der Waals surface area contributed by atoms with Crippen LogP contribution in [0.3, 0.4) is 0 Å². The lowest BCUT2D eigenvalue weighted by Crippen LogP contribution is -2.08. The molecule has 0 saturated heterocycles. The highest BCUT2D eigenvalue weighted by atomic mass is 32.1. The summed E-state index contributed by atoms with van der Waals surface area (Å²) < 4.78 is 0. The molecule has 0 saturated carbocycles. The minimum atomic E-state index is -0.164. The van der Waals surface area contributed by atoms with E-state index in [1.54, 1.807) is 17.5 Å². The molecule has 4 nitrogen and oxygen atoms in total. The van der Waals surface area contributed by atoms with Crippen molar-refractivity contribution in [1.82, 2.24) is 15.2 Å². The van der Waals surface area contributed by atoms with E-state index in [1.807, 2.05) is 48.7 Å². The van der Waals surface area contributed by atoms with Crippen LogP contribution in [0.15, 0.2) is 65.7 Å². The molecule has 22 heavy (non-hydrogen) atoms. The molecule has 0 radical (unpaired) electrons. The van der Waals surface area contributed by atoms with Crippen LogP contribution in [0.2, 0.25) is 0 Å². The summed E-state index contributed by atoms with van der Waals surface area (Å²) in [6.45, 7) is 0. The zero-order valence-corrected chi connectivity index (χ0v) is 12.3. The minimum Gasteiger partial charge on any atom is -0.267 e. The summed E-state index contributed by atoms with van der Waals surface area (Å²) in [5, 5.41) is 8.34. The van der Waals surface area contributed by atoms with E-state index < -0.39 is 0 Å². The van der Waals surface area contributed by atoms with E-state index >= 15 is 0 Å². The van der Waals surface area contributed by atoms with Crippen LogP contribution in [-0.2, 0) is 0 Å². The topological polar surface area (TPSA) is 58.6 Å². The maximum Gasteiger partial charge on any atom is 0.272 e. The quantitative estimate of drug-likeness (QED) is 0.614. The minimum absolute atomic E-state index is 0.164. The molecular weight excluding hydrogens is 294 g/mol. The largest absolute Gasteiger partial charge is 0.272 e. The fraction of sp³-hybridized carbons (Fsp3) is 0. The predicted octanol–water partition coefficient (Wildman–Crippen LogP) is 3.71. The van der Waals surface area contributed by atoms with Gasteiger partial charge in [-0.3, -0.25) is 9.78 Å². The number of benzene rings is 1. The molecule has 5 heteroatoms. The van der Waals surface area contributed by atoms with Crippen molar-refractivity contribution in [2.75, 3.05) is 0 Å². The second-order valence-corrected chi connectivity index (χ2v) is 5.94. The third kappa shape index (κ3) is 2.12. The Balaban J connectivity index is 1.89. The first kappa shape index (κ1) is 12.9. The molecule has 0 aliphatic heterocycles. The smallest absolute Gasteiger partial charge is 0.267 e. The highest BCUT2D eigenvalue weighted by molar-refractivity contribution is 7.18. The molecule has 0 spiro atoms. The van der Waals surface area contributed by atoms with E-state index in [2.05, 4.69) is 21.2 Å². The molecule has 0 bridgehead atoms. The standard InChI is InChI=1S/C17H11N3OS/c21-17-13-6-2-1-5-12(13)16(19-20-17)15-8-7-14(22-15)11-4-3-9-18-10-11/h1-10H,(H,20,21). The van der Waals surface area contributed by atoms with E-state index in [1.165, 1.54) is 0 Å². The summed E-state index contributed by atoms with van der Waals surface area (Å²) in [5.74, 6) is 0. The third-order valence-corrected chi connectivity index (χ3v) is 4.62. The Morgan fingerprint density at radius 3 is 2.55 bits per heavy atom. The molecule has 0 unspecified atom stereocenters. The second kappa shape index (κ2) is 5.20. The van der Waals surface area contributed by atoms with Crippen LogP contribution in [0.5, 0.6) is 0 Å². The summed E-state index contributed by atoms with van der Waals surface area (Å²) in [4.78, 5) is 18.2. The molecule has 4 aromatic rings. The number of aromatic amines is 1. The van der Waals surface area contributed by atoms with Gasteiger partial charge in [0.2, 0.25) is 0 Å². The SMILES string of the molecule is O=c1[nH]nc(-c2ccc(-c3cccnc3)s2)c2ccccc12. The van der Waals surface area contributed by atoms with Crippen LogP contribution in [0, 0.1) is 0 Å². The van der Waals surface area contributed by atoms with Gasteiger partial charge in [0.15, 0.2) is 0 Å². The summed E-state index contributed by atoms with van der Waals surface area (Å²) in [7, 11) is 0. The lowest BCUT2D eigenvalue weighted by Gasteiger charge is -2.02. The van der Waals surface area contributed by atoms with Crippen molar-refractivity contribution in [1.29, 1.82) is 0 Å². The number of aromatic nitrogens is 3. The van der Waals surface area contributed by atoms with Crippen LogP contribution < -0.4 is 5.56 Å². The molecule has 106 valence electrons. The number of hydrogen-bond acceptors (Lipinski definition) is 4. The number of rotatable bonds is 2. The van der Waals surface area contributed by atoms with Gasteiger partial charge in [-0.15, -0.1) is 11.3 Å². The van der Waals surface area contributed by atoms with Gasteiger partial charge in [0.05, 0.1) is 10.3 Å². The van der Waals surface area contributed by atoms with Gasteiger partial charge < -0.3 is 0 Å². The number of fused-ring (bicyclic) bond motifs is 1. The first-order chi connectivity index (χ1) is 10.8. The van der Waals surface area contributed by atoms with Gasteiger partial charge in [-0.2, -0.15) is 5.10 Å². The van der Waals surface area contributed by atoms with Crippen LogP contribution in [0.25, 0.3) is 31.8 Å². The van der Waals surface area contributed by atoms with Crippen molar-refractivity contribution in [3.05, 3.63) is 71.3 Å². The Bertz CT molecular complexity index is 1010. The number of nitrogens with one attached hydrogen (secondary N) is 1. The van der Waals surface area contributed by atoms with Crippen LogP contribution in [0.4, 0.5) is 0 Å². The van der Waals surface area contributed by atoms with E-state index in [4.69, 9.17) is 0 Å². The molecule has 4 rings (SSSR count). The number of nitrogens with zero attached hydrogens (tertiary/aromatic N) is 2. The highest BCUT2D eigenvalue weighted by Gasteiger charge is 2.11. The Hall–Kier alpha value is -2.79. The summed E-state index contributed by atoms with van der Waals surface area (Å²) in [6.07, 6.45) is 3.60.